The van der Waals surface area contributed by atoms with Gasteiger partial charge in [-0.2, -0.15) is 10.2 Å². The van der Waals surface area contributed by atoms with Crippen LogP contribution >= 0.6 is 0 Å². The third-order valence-electron chi connectivity index (χ3n) is 3.21. The first-order valence-electron chi connectivity index (χ1n) is 6.58. The van der Waals surface area contributed by atoms with E-state index in [1.54, 1.807) is 18.6 Å². The van der Waals surface area contributed by atoms with E-state index in [4.69, 9.17) is 6.42 Å². The molecule has 1 aromatic heterocycles. The Labute approximate surface area is 118 Å². The van der Waals surface area contributed by atoms with Crippen LogP contribution in [-0.2, 0) is 4.79 Å². The lowest BCUT2D eigenvalue weighted by molar-refractivity contribution is -0.122. The fraction of sp³-hybridized carbons (Fsp3) is 0.500. The Hall–Kier alpha value is -2.29. The molecular formula is C14H17N5O. The van der Waals surface area contributed by atoms with E-state index < -0.39 is 5.66 Å². The highest BCUT2D eigenvalue weighted by molar-refractivity contribution is 5.76. The molecule has 0 unspecified atom stereocenters. The summed E-state index contributed by atoms with van der Waals surface area (Å²) in [4.78, 5) is 20.0. The van der Waals surface area contributed by atoms with Gasteiger partial charge in [0.2, 0.25) is 5.91 Å². The molecule has 1 N–H and O–H groups in total. The maximum atomic E-state index is 11.9. The third kappa shape index (κ3) is 3.85. The standard InChI is InChI=1S/C14H17N5O/c1-3-4-6-14(18-19-14)7-5-13(20)17-11(2)12-10-15-8-9-16-12/h1,8-11H,4-7H2,2H3,(H,17,20)/t11-/m1/s1. The topological polar surface area (TPSA) is 79.6 Å². The summed E-state index contributed by atoms with van der Waals surface area (Å²) in [6.07, 6.45) is 12.4. The number of nitrogens with zero attached hydrogens (tertiary/aromatic N) is 4. The van der Waals surface area contributed by atoms with Gasteiger partial charge in [-0.25, -0.2) is 0 Å². The van der Waals surface area contributed by atoms with Crippen molar-refractivity contribution in [2.45, 2.75) is 44.3 Å². The highest BCUT2D eigenvalue weighted by atomic mass is 16.1. The van der Waals surface area contributed by atoms with Gasteiger partial charge in [0.25, 0.3) is 0 Å². The highest BCUT2D eigenvalue weighted by Gasteiger charge is 2.39. The minimum Gasteiger partial charge on any atom is -0.348 e. The van der Waals surface area contributed by atoms with E-state index in [0.717, 1.165) is 12.1 Å². The molecular weight excluding hydrogens is 254 g/mol. The van der Waals surface area contributed by atoms with E-state index in [2.05, 4.69) is 31.4 Å². The normalized spacial score (nSPS) is 16.2. The van der Waals surface area contributed by atoms with Gasteiger partial charge in [-0.1, -0.05) is 0 Å². The Bertz CT molecular complexity index is 528. The van der Waals surface area contributed by atoms with Gasteiger partial charge in [0, 0.05) is 38.1 Å². The molecule has 0 spiro atoms. The summed E-state index contributed by atoms with van der Waals surface area (Å²) in [5.74, 6) is 2.53. The Balaban J connectivity index is 1.75. The molecule has 1 aromatic rings. The third-order valence-corrected chi connectivity index (χ3v) is 3.21. The minimum absolute atomic E-state index is 0.0412. The smallest absolute Gasteiger partial charge is 0.220 e. The monoisotopic (exact) mass is 271 g/mol. The van der Waals surface area contributed by atoms with Crippen LogP contribution in [0.15, 0.2) is 28.8 Å². The lowest BCUT2D eigenvalue weighted by atomic mass is 10.0. The van der Waals surface area contributed by atoms with Crippen LogP contribution in [0.4, 0.5) is 0 Å². The molecule has 0 aromatic carbocycles. The summed E-state index contributed by atoms with van der Waals surface area (Å²) >= 11 is 0. The van der Waals surface area contributed by atoms with Crippen molar-refractivity contribution in [3.05, 3.63) is 24.3 Å². The van der Waals surface area contributed by atoms with E-state index in [1.807, 2.05) is 6.92 Å². The average molecular weight is 271 g/mol. The molecule has 104 valence electrons. The van der Waals surface area contributed by atoms with Gasteiger partial charge in [-0.05, 0) is 6.92 Å². The molecule has 0 radical (unpaired) electrons. The number of carbonyl (C=O) groups excluding carboxylic acids is 1. The maximum absolute atomic E-state index is 11.9. The van der Waals surface area contributed by atoms with Crippen LogP contribution < -0.4 is 5.32 Å². The van der Waals surface area contributed by atoms with Crippen molar-refractivity contribution in [1.82, 2.24) is 15.3 Å². The highest BCUT2D eigenvalue weighted by Crippen LogP contribution is 2.37. The quantitative estimate of drug-likeness (QED) is 0.770. The first-order valence-corrected chi connectivity index (χ1v) is 6.58. The Morgan fingerprint density at radius 3 is 2.85 bits per heavy atom. The van der Waals surface area contributed by atoms with Crippen molar-refractivity contribution in [2.24, 2.45) is 10.2 Å². The first-order chi connectivity index (χ1) is 9.65. The van der Waals surface area contributed by atoms with Gasteiger partial charge in [0.15, 0.2) is 5.66 Å². The van der Waals surface area contributed by atoms with Gasteiger partial charge in [0.1, 0.15) is 0 Å². The number of carbonyl (C=O) groups is 1. The number of hydrogen-bond donors (Lipinski definition) is 1. The van der Waals surface area contributed by atoms with Crippen LogP contribution in [0.1, 0.15) is 44.3 Å². The molecule has 1 aliphatic heterocycles. The van der Waals surface area contributed by atoms with Crippen molar-refractivity contribution in [3.63, 3.8) is 0 Å². The summed E-state index contributed by atoms with van der Waals surface area (Å²) in [5, 5.41) is 10.9. The summed E-state index contributed by atoms with van der Waals surface area (Å²) in [6.45, 7) is 1.88. The van der Waals surface area contributed by atoms with E-state index >= 15 is 0 Å². The van der Waals surface area contributed by atoms with Crippen LogP contribution in [0.3, 0.4) is 0 Å². The van der Waals surface area contributed by atoms with Gasteiger partial charge in [-0.3, -0.25) is 14.8 Å². The van der Waals surface area contributed by atoms with E-state index in [9.17, 15) is 4.79 Å². The van der Waals surface area contributed by atoms with Crippen molar-refractivity contribution in [3.8, 4) is 12.3 Å². The van der Waals surface area contributed by atoms with Crippen LogP contribution in [0.2, 0.25) is 0 Å². The number of rotatable bonds is 7. The van der Waals surface area contributed by atoms with E-state index in [0.29, 0.717) is 19.3 Å². The van der Waals surface area contributed by atoms with Crippen molar-refractivity contribution in [2.75, 3.05) is 0 Å². The first kappa shape index (κ1) is 14.1. The van der Waals surface area contributed by atoms with Crippen LogP contribution in [0.5, 0.6) is 0 Å². The zero-order chi connectivity index (χ0) is 14.4. The molecule has 1 amide bonds. The van der Waals surface area contributed by atoms with Gasteiger partial charge in [-0.15, -0.1) is 12.3 Å². The number of terminal acetylenes is 1. The maximum Gasteiger partial charge on any atom is 0.220 e. The molecule has 0 aliphatic carbocycles. The number of aromatic nitrogens is 2. The second kappa shape index (κ2) is 6.24. The molecule has 0 saturated heterocycles. The molecule has 2 heterocycles. The Morgan fingerprint density at radius 1 is 1.45 bits per heavy atom. The van der Waals surface area contributed by atoms with Crippen molar-refractivity contribution in [1.29, 1.82) is 0 Å². The molecule has 1 aliphatic rings. The SMILES string of the molecule is C#CCCC1(CCC(=O)N[C@H](C)c2cnccn2)N=N1. The molecule has 1 atom stereocenters. The number of hydrogen-bond acceptors (Lipinski definition) is 5. The van der Waals surface area contributed by atoms with Gasteiger partial charge in [0.05, 0.1) is 17.9 Å². The summed E-state index contributed by atoms with van der Waals surface area (Å²) in [6, 6.07) is -0.161. The summed E-state index contributed by atoms with van der Waals surface area (Å²) in [5.41, 5.74) is 0.336. The predicted octanol–water partition coefficient (Wildman–Crippen LogP) is 2.01. The molecule has 2 rings (SSSR count). The lowest BCUT2D eigenvalue weighted by Gasteiger charge is -2.14. The number of nitrogens with one attached hydrogen (secondary N) is 1. The predicted molar refractivity (Wildman–Crippen MR) is 73.5 cm³/mol. The Kier molecular flexibility index (Phi) is 4.41. The van der Waals surface area contributed by atoms with Crippen LogP contribution in [0.25, 0.3) is 0 Å². The second-order valence-corrected chi connectivity index (χ2v) is 4.81. The van der Waals surface area contributed by atoms with Crippen LogP contribution in [0, 0.1) is 12.3 Å². The second-order valence-electron chi connectivity index (χ2n) is 4.81. The van der Waals surface area contributed by atoms with Gasteiger partial charge >= 0.3 is 0 Å². The molecule has 0 bridgehead atoms. The molecule has 6 nitrogen and oxygen atoms in total. The van der Waals surface area contributed by atoms with E-state index in [-0.39, 0.29) is 11.9 Å². The summed E-state index contributed by atoms with van der Waals surface area (Å²) in [7, 11) is 0. The zero-order valence-corrected chi connectivity index (χ0v) is 11.4. The fourth-order valence-corrected chi connectivity index (χ4v) is 1.90. The van der Waals surface area contributed by atoms with E-state index in [1.165, 1.54) is 0 Å². The molecule has 6 heteroatoms. The number of amides is 1. The average Bonchev–Trinajstić information content (AvgIpc) is 3.24. The van der Waals surface area contributed by atoms with Crippen LogP contribution in [-0.4, -0.2) is 21.5 Å². The molecule has 0 fully saturated rings. The lowest BCUT2D eigenvalue weighted by Crippen LogP contribution is -2.28. The minimum atomic E-state index is -0.403. The largest absolute Gasteiger partial charge is 0.348 e. The molecule has 0 saturated carbocycles. The van der Waals surface area contributed by atoms with Crippen molar-refractivity contribution >= 4 is 5.91 Å². The fourth-order valence-electron chi connectivity index (χ4n) is 1.90. The zero-order valence-electron chi connectivity index (χ0n) is 11.4. The molecule has 20 heavy (non-hydrogen) atoms. The van der Waals surface area contributed by atoms with Crippen molar-refractivity contribution < 1.29 is 4.79 Å². The van der Waals surface area contributed by atoms with Gasteiger partial charge < -0.3 is 5.32 Å². The summed E-state index contributed by atoms with van der Waals surface area (Å²) < 4.78 is 0. The Morgan fingerprint density at radius 2 is 2.25 bits per heavy atom.